The summed E-state index contributed by atoms with van der Waals surface area (Å²) in [5.74, 6) is -3.71. The second-order valence-electron chi connectivity index (χ2n) is 20.4. The number of hydrogen-bond donors (Lipinski definition) is 5. The van der Waals surface area contributed by atoms with Gasteiger partial charge >= 0.3 is 0 Å². The smallest absolute Gasteiger partial charge is 0.252 e. The minimum atomic E-state index is -2.26. The molecule has 7 aliphatic rings. The van der Waals surface area contributed by atoms with E-state index in [9.17, 15) is 29.7 Å². The van der Waals surface area contributed by atoms with E-state index in [0.717, 1.165) is 16.7 Å². The summed E-state index contributed by atoms with van der Waals surface area (Å²) in [5, 5.41) is 44.2. The van der Waals surface area contributed by atoms with Crippen molar-refractivity contribution < 1.29 is 67.6 Å². The van der Waals surface area contributed by atoms with E-state index in [-0.39, 0.29) is 77.8 Å². The van der Waals surface area contributed by atoms with Crippen LogP contribution < -0.4 is 15.4 Å². The van der Waals surface area contributed by atoms with Gasteiger partial charge in [-0.05, 0) is 29.7 Å². The quantitative estimate of drug-likeness (QED) is 0.0836. The van der Waals surface area contributed by atoms with Crippen LogP contribution in [0.3, 0.4) is 0 Å². The zero-order valence-electron chi connectivity index (χ0n) is 41.2. The molecular formula is C57H59N3O14. The molecule has 1 amide bonds. The number of nitrogens with zero attached hydrogens (tertiary/aromatic N) is 1. The molecule has 5 aliphatic heterocycles. The van der Waals surface area contributed by atoms with E-state index in [1.807, 2.05) is 61.5 Å². The molecule has 0 spiro atoms. The van der Waals surface area contributed by atoms with Crippen LogP contribution in [0.25, 0.3) is 0 Å². The Balaban J connectivity index is 0.827. The lowest BCUT2D eigenvalue weighted by Crippen LogP contribution is -2.55. The molecule has 0 aromatic heterocycles. The Morgan fingerprint density at radius 1 is 0.784 bits per heavy atom. The molecule has 5 aromatic carbocycles. The van der Waals surface area contributed by atoms with E-state index in [2.05, 4.69) is 51.9 Å². The van der Waals surface area contributed by atoms with Gasteiger partial charge in [0.15, 0.2) is 24.6 Å². The van der Waals surface area contributed by atoms with Gasteiger partial charge in [0, 0.05) is 68.1 Å². The fourth-order valence-electron chi connectivity index (χ4n) is 12.9. The van der Waals surface area contributed by atoms with Crippen LogP contribution >= 0.6 is 0 Å². The normalized spacial score (nSPS) is 31.2. The first-order valence-electron chi connectivity index (χ1n) is 25.4. The van der Waals surface area contributed by atoms with E-state index in [1.54, 1.807) is 13.2 Å². The van der Waals surface area contributed by atoms with Crippen LogP contribution in [0.1, 0.15) is 85.5 Å². The monoisotopic (exact) mass is 1010 g/mol. The van der Waals surface area contributed by atoms with Gasteiger partial charge in [-0.25, -0.2) is 0 Å². The summed E-state index contributed by atoms with van der Waals surface area (Å²) < 4.78 is 49.6. The standard InChI is InChI=1S/C57H59N3O14/c1-30-50-38(60-22-23-69-54(68-3)53(60)74-50)24-41(72-30)73-40-26-56(66,25-36-43(40)49(64)45-44(47(36)62)46(61)35-20-13-21-39(67-2)42(35)48(45)63)55(65)58-27-31-28-70-52-37(29-71-51(31)52)59-57(32-14-7-4-8-15-32,33-16-9-5-10-17-33)34-18-11-6-12-19-34/h4-21,30-31,37-38,40-41,50-54,59,62,64,66H,22-29H2,1-3H3,(H,58,65)/t30-,31-,37-,38-,40-,41-,50+,51+,52+,53+,54-,56-/m0/s1. The number of aliphatic hydroxyl groups is 1. The van der Waals surface area contributed by atoms with Crippen LogP contribution in [0.5, 0.6) is 17.2 Å². The first kappa shape index (κ1) is 48.8. The van der Waals surface area contributed by atoms with Gasteiger partial charge in [-0.1, -0.05) is 103 Å². The second kappa shape index (κ2) is 19.2. The maximum atomic E-state index is 14.7. The molecule has 5 fully saturated rings. The molecule has 0 saturated carbocycles. The number of ether oxygens (including phenoxy) is 8. The average Bonchev–Trinajstić information content (AvgIpc) is 4.15. The molecule has 0 radical (unpaired) electrons. The molecule has 5 saturated heterocycles. The first-order chi connectivity index (χ1) is 35.9. The fraction of sp³-hybridized carbons (Fsp3) is 0.421. The first-order valence-corrected chi connectivity index (χ1v) is 25.4. The highest BCUT2D eigenvalue weighted by Crippen LogP contribution is 2.53. The molecule has 12 atom stereocenters. The van der Waals surface area contributed by atoms with E-state index < -0.39 is 101 Å². The third kappa shape index (κ3) is 7.86. The lowest BCUT2D eigenvalue weighted by atomic mass is 9.72. The van der Waals surface area contributed by atoms with Crippen molar-refractivity contribution in [3.05, 3.63) is 159 Å². The number of hydrogen-bond acceptors (Lipinski definition) is 16. The summed E-state index contributed by atoms with van der Waals surface area (Å²) in [6, 6.07) is 34.9. The largest absolute Gasteiger partial charge is 0.507 e. The molecule has 386 valence electrons. The second-order valence-corrected chi connectivity index (χ2v) is 20.4. The van der Waals surface area contributed by atoms with Gasteiger partial charge in [-0.15, -0.1) is 0 Å². The zero-order valence-corrected chi connectivity index (χ0v) is 41.2. The summed E-state index contributed by atoms with van der Waals surface area (Å²) in [6.45, 7) is 3.49. The number of benzene rings is 5. The van der Waals surface area contributed by atoms with Crippen LogP contribution in [0, 0.1) is 5.92 Å². The van der Waals surface area contributed by atoms with Crippen LogP contribution in [-0.2, 0) is 49.9 Å². The topological polar surface area (TPSA) is 213 Å². The van der Waals surface area contributed by atoms with Crippen molar-refractivity contribution >= 4 is 17.5 Å². The van der Waals surface area contributed by atoms with Gasteiger partial charge in [0.1, 0.15) is 35.1 Å². The highest BCUT2D eigenvalue weighted by Gasteiger charge is 2.56. The molecular weight excluding hydrogens is 951 g/mol. The van der Waals surface area contributed by atoms with Gasteiger partial charge in [0.05, 0.1) is 73.5 Å². The number of phenols is 2. The molecule has 5 N–H and O–H groups in total. The van der Waals surface area contributed by atoms with Gasteiger partial charge < -0.3 is 58.5 Å². The lowest BCUT2D eigenvalue weighted by Gasteiger charge is -2.43. The van der Waals surface area contributed by atoms with Crippen LogP contribution in [-0.4, -0.2) is 146 Å². The molecule has 5 aromatic rings. The predicted octanol–water partition coefficient (Wildman–Crippen LogP) is 4.63. The maximum absolute atomic E-state index is 14.7. The van der Waals surface area contributed by atoms with E-state index in [0.29, 0.717) is 19.8 Å². The Morgan fingerprint density at radius 3 is 2.11 bits per heavy atom. The molecule has 0 bridgehead atoms. The third-order valence-electron chi connectivity index (χ3n) is 16.3. The number of rotatable bonds is 12. The molecule has 17 nitrogen and oxygen atoms in total. The van der Waals surface area contributed by atoms with Crippen molar-refractivity contribution in [1.82, 2.24) is 15.5 Å². The summed E-state index contributed by atoms with van der Waals surface area (Å²) >= 11 is 0. The molecule has 12 rings (SSSR count). The highest BCUT2D eigenvalue weighted by molar-refractivity contribution is 6.31. The number of ketones is 2. The zero-order chi connectivity index (χ0) is 51.0. The molecule has 2 aliphatic carbocycles. The van der Waals surface area contributed by atoms with Gasteiger partial charge in [-0.2, -0.15) is 0 Å². The van der Waals surface area contributed by atoms with Crippen molar-refractivity contribution in [3.8, 4) is 17.2 Å². The van der Waals surface area contributed by atoms with Crippen LogP contribution in [0.4, 0.5) is 0 Å². The van der Waals surface area contributed by atoms with Crippen molar-refractivity contribution in [3.63, 3.8) is 0 Å². The van der Waals surface area contributed by atoms with Crippen molar-refractivity contribution in [2.24, 2.45) is 5.92 Å². The van der Waals surface area contributed by atoms with Crippen molar-refractivity contribution in [2.75, 3.05) is 47.1 Å². The van der Waals surface area contributed by atoms with Gasteiger partial charge in [0.25, 0.3) is 5.91 Å². The van der Waals surface area contributed by atoms with Crippen molar-refractivity contribution in [2.45, 2.75) is 98.7 Å². The minimum absolute atomic E-state index is 0.0299. The highest BCUT2D eigenvalue weighted by atomic mass is 16.7. The number of morpholine rings is 1. The number of carbonyl (C=O) groups excluding carboxylic acids is 3. The number of phenolic OH excluding ortho intramolecular Hbond substituents is 2. The third-order valence-corrected chi connectivity index (χ3v) is 16.3. The summed E-state index contributed by atoms with van der Waals surface area (Å²) in [6.07, 6.45) is -5.75. The van der Waals surface area contributed by atoms with Gasteiger partial charge in [0.2, 0.25) is 5.78 Å². The Hall–Kier alpha value is -6.09. The average molecular weight is 1010 g/mol. The van der Waals surface area contributed by atoms with E-state index >= 15 is 0 Å². The molecule has 5 heterocycles. The van der Waals surface area contributed by atoms with E-state index in [4.69, 9.17) is 37.9 Å². The number of methoxy groups -OCH3 is 2. The fourth-order valence-corrected chi connectivity index (χ4v) is 12.9. The van der Waals surface area contributed by atoms with Crippen molar-refractivity contribution in [1.29, 1.82) is 0 Å². The van der Waals surface area contributed by atoms with Crippen LogP contribution in [0.2, 0.25) is 0 Å². The maximum Gasteiger partial charge on any atom is 0.252 e. The Kier molecular flexibility index (Phi) is 12.7. The number of aromatic hydroxyl groups is 2. The predicted molar refractivity (Wildman–Crippen MR) is 264 cm³/mol. The Morgan fingerprint density at radius 2 is 1.45 bits per heavy atom. The number of nitrogens with one attached hydrogen (secondary N) is 2. The number of fused-ring (bicyclic) bond motifs is 7. The SMILES string of the molecule is COc1cccc2c1C(=O)c1c(O)c3c(c(O)c1C2=O)C[C@@](O)(C(=O)NC[C@H]1CO[C@H]2[C@@H]1OC[C@@H]2NC(c1ccccc1)(c1ccccc1)c1ccccc1)C[C@@H]3O[C@H]1C[C@H]2[C@H](O[C@@H]3[C@@H](OC)OCCN32)[C@H](C)O1. The summed E-state index contributed by atoms with van der Waals surface area (Å²) in [4.78, 5) is 45.6. The van der Waals surface area contributed by atoms with Gasteiger partial charge in [-0.3, -0.25) is 24.6 Å². The summed E-state index contributed by atoms with van der Waals surface area (Å²) in [5.41, 5.74) is -1.03. The number of carbonyl (C=O) groups is 3. The van der Waals surface area contributed by atoms with Crippen LogP contribution in [0.15, 0.2) is 109 Å². The lowest BCUT2D eigenvalue weighted by molar-refractivity contribution is -0.256. The Labute approximate surface area is 427 Å². The molecule has 17 heteroatoms. The number of amides is 1. The summed E-state index contributed by atoms with van der Waals surface area (Å²) in [7, 11) is 2.92. The van der Waals surface area contributed by atoms with E-state index in [1.165, 1.54) is 19.2 Å². The Bertz CT molecular complexity index is 2870. The molecule has 74 heavy (non-hydrogen) atoms. The minimum Gasteiger partial charge on any atom is -0.507 e. The molecule has 0 unspecified atom stereocenters.